The van der Waals surface area contributed by atoms with Crippen LogP contribution < -0.4 is 14.8 Å². The van der Waals surface area contributed by atoms with Crippen LogP contribution >= 0.6 is 0 Å². The Morgan fingerprint density at radius 1 is 1.06 bits per heavy atom. The Kier molecular flexibility index (Phi) is 5.48. The summed E-state index contributed by atoms with van der Waals surface area (Å²) in [7, 11) is 0. The molecule has 1 N–H and O–H groups in total. The summed E-state index contributed by atoms with van der Waals surface area (Å²) in [6.07, 6.45) is 0. The maximum Gasteiger partial charge on any atom is 0.165 e. The molecule has 3 heteroatoms. The second-order valence-electron chi connectivity index (χ2n) is 5.21. The lowest BCUT2D eigenvalue weighted by Crippen LogP contribution is -2.35. The fourth-order valence-corrected chi connectivity index (χ4v) is 1.64. The monoisotopic (exact) mass is 251 g/mol. The van der Waals surface area contributed by atoms with Crippen LogP contribution in [0.5, 0.6) is 11.5 Å². The van der Waals surface area contributed by atoms with Gasteiger partial charge in [-0.05, 0) is 40.7 Å². The van der Waals surface area contributed by atoms with Crippen molar-refractivity contribution in [2.24, 2.45) is 0 Å². The summed E-state index contributed by atoms with van der Waals surface area (Å²) < 4.78 is 11.3. The number of nitrogens with one attached hydrogen (secondary N) is 1. The highest BCUT2D eigenvalue weighted by atomic mass is 16.5. The number of hydrogen-bond acceptors (Lipinski definition) is 3. The first-order valence-electron chi connectivity index (χ1n) is 6.60. The molecule has 0 spiro atoms. The molecule has 1 aromatic carbocycles. The maximum absolute atomic E-state index is 5.72. The van der Waals surface area contributed by atoms with Crippen molar-refractivity contribution in [3.63, 3.8) is 0 Å². The van der Waals surface area contributed by atoms with Gasteiger partial charge in [0.2, 0.25) is 0 Å². The number of hydrogen-bond donors (Lipinski definition) is 1. The van der Waals surface area contributed by atoms with E-state index in [4.69, 9.17) is 9.47 Å². The molecule has 1 rings (SSSR count). The van der Waals surface area contributed by atoms with E-state index in [1.165, 1.54) is 0 Å². The van der Waals surface area contributed by atoms with E-state index in [0.29, 0.717) is 13.2 Å². The Morgan fingerprint density at radius 3 is 2.28 bits per heavy atom. The summed E-state index contributed by atoms with van der Waals surface area (Å²) in [5.41, 5.74) is 1.23. The lowest BCUT2D eigenvalue weighted by Gasteiger charge is -2.22. The molecular weight excluding hydrogens is 226 g/mol. The van der Waals surface area contributed by atoms with Crippen molar-refractivity contribution in [3.8, 4) is 11.5 Å². The van der Waals surface area contributed by atoms with Crippen LogP contribution in [0.4, 0.5) is 0 Å². The van der Waals surface area contributed by atoms with Crippen LogP contribution in [-0.4, -0.2) is 18.8 Å². The van der Waals surface area contributed by atoms with E-state index < -0.39 is 0 Å². The molecule has 0 unspecified atom stereocenters. The fourth-order valence-electron chi connectivity index (χ4n) is 1.64. The molecule has 0 aliphatic carbocycles. The normalized spacial score (nSPS) is 11.4. The standard InChI is InChI=1S/C15H25NO2/c1-6-17-13-10-8-9-12(14(13)18-7-2)11-16-15(3,4)5/h8-10,16H,6-7,11H2,1-5H3. The topological polar surface area (TPSA) is 30.5 Å². The average molecular weight is 251 g/mol. The zero-order valence-corrected chi connectivity index (χ0v) is 12.2. The zero-order chi connectivity index (χ0) is 13.6. The van der Waals surface area contributed by atoms with E-state index in [1.807, 2.05) is 26.0 Å². The van der Waals surface area contributed by atoms with Crippen molar-refractivity contribution < 1.29 is 9.47 Å². The van der Waals surface area contributed by atoms with Crippen molar-refractivity contribution in [3.05, 3.63) is 23.8 Å². The van der Waals surface area contributed by atoms with E-state index in [9.17, 15) is 0 Å². The Bertz CT molecular complexity index is 369. The molecule has 0 heterocycles. The first kappa shape index (κ1) is 14.8. The quantitative estimate of drug-likeness (QED) is 0.841. The van der Waals surface area contributed by atoms with Crippen molar-refractivity contribution in [1.82, 2.24) is 5.32 Å². The maximum atomic E-state index is 5.72. The van der Waals surface area contributed by atoms with Crippen molar-refractivity contribution in [1.29, 1.82) is 0 Å². The third kappa shape index (κ3) is 4.57. The van der Waals surface area contributed by atoms with Gasteiger partial charge < -0.3 is 14.8 Å². The molecule has 0 aromatic heterocycles. The van der Waals surface area contributed by atoms with Gasteiger partial charge in [-0.3, -0.25) is 0 Å². The predicted octanol–water partition coefficient (Wildman–Crippen LogP) is 3.37. The summed E-state index contributed by atoms with van der Waals surface area (Å²) in [6.45, 7) is 12.5. The van der Waals surface area contributed by atoms with Crippen LogP contribution in [0.3, 0.4) is 0 Å². The number of ether oxygens (including phenoxy) is 2. The van der Waals surface area contributed by atoms with Gasteiger partial charge in [0, 0.05) is 17.6 Å². The largest absolute Gasteiger partial charge is 0.490 e. The molecule has 0 aliphatic heterocycles. The van der Waals surface area contributed by atoms with E-state index in [0.717, 1.165) is 23.6 Å². The predicted molar refractivity (Wildman–Crippen MR) is 75.4 cm³/mol. The van der Waals surface area contributed by atoms with Gasteiger partial charge in [0.25, 0.3) is 0 Å². The zero-order valence-electron chi connectivity index (χ0n) is 12.2. The molecule has 102 valence electrons. The molecule has 0 bridgehead atoms. The van der Waals surface area contributed by atoms with Gasteiger partial charge in [0.1, 0.15) is 0 Å². The van der Waals surface area contributed by atoms with Gasteiger partial charge in [-0.1, -0.05) is 12.1 Å². The minimum absolute atomic E-state index is 0.0884. The number of para-hydroxylation sites is 1. The van der Waals surface area contributed by atoms with Crippen molar-refractivity contribution >= 4 is 0 Å². The summed E-state index contributed by atoms with van der Waals surface area (Å²) in [5.74, 6) is 1.69. The first-order chi connectivity index (χ1) is 8.48. The molecular formula is C15H25NO2. The Labute approximate surface area is 110 Å². The van der Waals surface area contributed by atoms with Gasteiger partial charge in [-0.2, -0.15) is 0 Å². The molecule has 0 aliphatic rings. The molecule has 0 saturated carbocycles. The molecule has 0 radical (unpaired) electrons. The molecule has 0 atom stereocenters. The van der Waals surface area contributed by atoms with Crippen LogP contribution in [0.15, 0.2) is 18.2 Å². The van der Waals surface area contributed by atoms with Crippen molar-refractivity contribution in [2.75, 3.05) is 13.2 Å². The van der Waals surface area contributed by atoms with E-state index in [1.54, 1.807) is 0 Å². The molecule has 1 aromatic rings. The second-order valence-corrected chi connectivity index (χ2v) is 5.21. The lowest BCUT2D eigenvalue weighted by atomic mass is 10.1. The average Bonchev–Trinajstić information content (AvgIpc) is 2.29. The van der Waals surface area contributed by atoms with Crippen LogP contribution in [0, 0.1) is 0 Å². The molecule has 18 heavy (non-hydrogen) atoms. The van der Waals surface area contributed by atoms with Crippen LogP contribution in [0.1, 0.15) is 40.2 Å². The Morgan fingerprint density at radius 2 is 1.72 bits per heavy atom. The van der Waals surface area contributed by atoms with E-state index in [-0.39, 0.29) is 5.54 Å². The van der Waals surface area contributed by atoms with Gasteiger partial charge in [-0.25, -0.2) is 0 Å². The van der Waals surface area contributed by atoms with Crippen LogP contribution in [-0.2, 0) is 6.54 Å². The van der Waals surface area contributed by atoms with E-state index >= 15 is 0 Å². The lowest BCUT2D eigenvalue weighted by molar-refractivity contribution is 0.283. The Balaban J connectivity index is 2.91. The van der Waals surface area contributed by atoms with Gasteiger partial charge in [0.05, 0.1) is 13.2 Å². The molecule has 0 saturated heterocycles. The number of benzene rings is 1. The highest BCUT2D eigenvalue weighted by Gasteiger charge is 2.14. The third-order valence-corrected chi connectivity index (χ3v) is 2.46. The highest BCUT2D eigenvalue weighted by Crippen LogP contribution is 2.31. The first-order valence-corrected chi connectivity index (χ1v) is 6.60. The minimum atomic E-state index is 0.0884. The van der Waals surface area contributed by atoms with Crippen LogP contribution in [0.2, 0.25) is 0 Å². The molecule has 0 fully saturated rings. The molecule has 0 amide bonds. The van der Waals surface area contributed by atoms with Crippen molar-refractivity contribution in [2.45, 2.75) is 46.7 Å². The summed E-state index contributed by atoms with van der Waals surface area (Å²) >= 11 is 0. The summed E-state index contributed by atoms with van der Waals surface area (Å²) in [5, 5.41) is 3.47. The van der Waals surface area contributed by atoms with Gasteiger partial charge >= 0.3 is 0 Å². The van der Waals surface area contributed by atoms with E-state index in [2.05, 4.69) is 32.2 Å². The molecule has 3 nitrogen and oxygen atoms in total. The summed E-state index contributed by atoms with van der Waals surface area (Å²) in [6, 6.07) is 6.04. The Hall–Kier alpha value is -1.22. The van der Waals surface area contributed by atoms with Gasteiger partial charge in [0.15, 0.2) is 11.5 Å². The van der Waals surface area contributed by atoms with Gasteiger partial charge in [-0.15, -0.1) is 0 Å². The summed E-state index contributed by atoms with van der Waals surface area (Å²) in [4.78, 5) is 0. The minimum Gasteiger partial charge on any atom is -0.490 e. The fraction of sp³-hybridized carbons (Fsp3) is 0.600. The smallest absolute Gasteiger partial charge is 0.165 e. The SMILES string of the molecule is CCOc1cccc(CNC(C)(C)C)c1OCC. The number of rotatable bonds is 6. The second kappa shape index (κ2) is 6.64. The highest BCUT2D eigenvalue weighted by molar-refractivity contribution is 5.46. The van der Waals surface area contributed by atoms with Crippen LogP contribution in [0.25, 0.3) is 0 Å². The third-order valence-electron chi connectivity index (χ3n) is 2.46.